The van der Waals surface area contributed by atoms with Crippen LogP contribution in [0.5, 0.6) is 0 Å². The number of hydrogen-bond acceptors (Lipinski definition) is 1. The topological polar surface area (TPSA) is 9.23 Å². The van der Waals surface area contributed by atoms with Crippen LogP contribution in [0.3, 0.4) is 0 Å². The van der Waals surface area contributed by atoms with Crippen molar-refractivity contribution in [2.45, 2.75) is 58.7 Å². The smallest absolute Gasteiger partial charge is 0.130 e. The fourth-order valence-electron chi connectivity index (χ4n) is 0.418. The first-order valence-electron chi connectivity index (χ1n) is 4.34. The van der Waals surface area contributed by atoms with Crippen LogP contribution in [0.25, 0.3) is 0 Å². The second kappa shape index (κ2) is 4.26. The zero-order valence-electron chi connectivity index (χ0n) is 8.94. The van der Waals surface area contributed by atoms with E-state index in [9.17, 15) is 0 Å². The SMILES string of the molecule is CCC(C)(C)OP(Cl)C(C)(C)C. The average molecular weight is 211 g/mol. The molecule has 0 radical (unpaired) electrons. The van der Waals surface area contributed by atoms with E-state index in [2.05, 4.69) is 41.5 Å². The van der Waals surface area contributed by atoms with Crippen molar-refractivity contribution < 1.29 is 4.52 Å². The molecule has 0 aliphatic carbocycles. The molecule has 0 saturated heterocycles. The Balaban J connectivity index is 4.09. The minimum absolute atomic E-state index is 0.0727. The van der Waals surface area contributed by atoms with Gasteiger partial charge in [-0.25, -0.2) is 0 Å². The normalized spacial score (nSPS) is 16.2. The highest BCUT2D eigenvalue weighted by atomic mass is 35.7. The van der Waals surface area contributed by atoms with Gasteiger partial charge in [-0.2, -0.15) is 0 Å². The second-order valence-electron chi connectivity index (χ2n) is 4.62. The van der Waals surface area contributed by atoms with Gasteiger partial charge in [-0.1, -0.05) is 38.9 Å². The largest absolute Gasteiger partial charge is 0.337 e. The fraction of sp³-hybridized carbons (Fsp3) is 1.00. The standard InChI is InChI=1S/C9H20ClOP/c1-7-9(5,6)11-12(10)8(2,3)4/h7H2,1-6H3. The van der Waals surface area contributed by atoms with Crippen molar-refractivity contribution in [3.63, 3.8) is 0 Å². The van der Waals surface area contributed by atoms with E-state index < -0.39 is 7.50 Å². The summed E-state index contributed by atoms with van der Waals surface area (Å²) in [5.74, 6) is 0. The van der Waals surface area contributed by atoms with Crippen molar-refractivity contribution >= 4 is 18.7 Å². The Bertz CT molecular complexity index is 140. The van der Waals surface area contributed by atoms with Crippen LogP contribution in [0.1, 0.15) is 48.0 Å². The molecule has 0 heterocycles. The second-order valence-corrected chi connectivity index (χ2v) is 7.56. The van der Waals surface area contributed by atoms with Gasteiger partial charge < -0.3 is 4.52 Å². The van der Waals surface area contributed by atoms with Gasteiger partial charge in [0.25, 0.3) is 0 Å². The molecule has 0 rings (SSSR count). The van der Waals surface area contributed by atoms with Gasteiger partial charge in [0.1, 0.15) is 7.50 Å². The van der Waals surface area contributed by atoms with Gasteiger partial charge in [0, 0.05) is 5.16 Å². The number of halogens is 1. The lowest BCUT2D eigenvalue weighted by atomic mass is 10.1. The Kier molecular flexibility index (Phi) is 4.50. The van der Waals surface area contributed by atoms with Crippen LogP contribution >= 0.6 is 18.7 Å². The Labute approximate surface area is 82.5 Å². The lowest BCUT2D eigenvalue weighted by Crippen LogP contribution is -2.23. The molecule has 1 unspecified atom stereocenters. The summed E-state index contributed by atoms with van der Waals surface area (Å²) < 4.78 is 5.78. The van der Waals surface area contributed by atoms with Crippen LogP contribution in [0, 0.1) is 0 Å². The first-order valence-corrected chi connectivity index (χ1v) is 6.50. The van der Waals surface area contributed by atoms with Gasteiger partial charge in [0.05, 0.1) is 5.60 Å². The third-order valence-corrected chi connectivity index (χ3v) is 5.14. The molecule has 0 aromatic carbocycles. The van der Waals surface area contributed by atoms with E-state index in [0.29, 0.717) is 0 Å². The summed E-state index contributed by atoms with van der Waals surface area (Å²) in [6.07, 6.45) is 0.995. The van der Waals surface area contributed by atoms with Crippen molar-refractivity contribution in [1.29, 1.82) is 0 Å². The van der Waals surface area contributed by atoms with Crippen molar-refractivity contribution in [3.05, 3.63) is 0 Å². The Hall–Kier alpha value is 0.680. The molecule has 0 aromatic rings. The molecule has 1 atom stereocenters. The van der Waals surface area contributed by atoms with Crippen LogP contribution in [-0.2, 0) is 4.52 Å². The molecule has 0 fully saturated rings. The minimum Gasteiger partial charge on any atom is -0.337 e. The minimum atomic E-state index is -0.843. The van der Waals surface area contributed by atoms with Gasteiger partial charge in [0.2, 0.25) is 0 Å². The molecule has 3 heteroatoms. The van der Waals surface area contributed by atoms with E-state index in [1.807, 2.05) is 0 Å². The predicted molar refractivity (Wildman–Crippen MR) is 58.0 cm³/mol. The number of hydrogen-bond donors (Lipinski definition) is 0. The molecule has 1 nitrogen and oxygen atoms in total. The molecule has 0 amide bonds. The van der Waals surface area contributed by atoms with Crippen LogP contribution in [0.2, 0.25) is 0 Å². The summed E-state index contributed by atoms with van der Waals surface area (Å²) in [5, 5.41) is 0.0727. The monoisotopic (exact) mass is 210 g/mol. The predicted octanol–water partition coefficient (Wildman–Crippen LogP) is 4.54. The lowest BCUT2D eigenvalue weighted by molar-refractivity contribution is 0.123. The molecule has 0 saturated carbocycles. The van der Waals surface area contributed by atoms with Crippen LogP contribution < -0.4 is 0 Å². The van der Waals surface area contributed by atoms with Gasteiger partial charge >= 0.3 is 0 Å². The Morgan fingerprint density at radius 2 is 1.58 bits per heavy atom. The molecule has 74 valence electrons. The highest BCUT2D eigenvalue weighted by Crippen LogP contribution is 2.57. The van der Waals surface area contributed by atoms with E-state index in [-0.39, 0.29) is 10.8 Å². The molecular weight excluding hydrogens is 191 g/mol. The van der Waals surface area contributed by atoms with Crippen molar-refractivity contribution in [2.24, 2.45) is 0 Å². The van der Waals surface area contributed by atoms with Crippen LogP contribution in [0.15, 0.2) is 0 Å². The highest BCUT2D eigenvalue weighted by Gasteiger charge is 2.29. The van der Waals surface area contributed by atoms with Crippen molar-refractivity contribution in [1.82, 2.24) is 0 Å². The summed E-state index contributed by atoms with van der Waals surface area (Å²) >= 11 is 6.16. The Morgan fingerprint density at radius 3 is 1.83 bits per heavy atom. The van der Waals surface area contributed by atoms with Gasteiger partial charge in [-0.15, -0.1) is 0 Å². The summed E-state index contributed by atoms with van der Waals surface area (Å²) in [5.41, 5.74) is -0.0826. The Morgan fingerprint density at radius 1 is 1.17 bits per heavy atom. The summed E-state index contributed by atoms with van der Waals surface area (Å²) in [6.45, 7) is 12.6. The van der Waals surface area contributed by atoms with Crippen molar-refractivity contribution in [3.8, 4) is 0 Å². The zero-order valence-corrected chi connectivity index (χ0v) is 10.6. The molecule has 0 aliphatic rings. The number of rotatable bonds is 3. The van der Waals surface area contributed by atoms with Gasteiger partial charge in [0.15, 0.2) is 0 Å². The average Bonchev–Trinajstić information content (AvgIpc) is 1.85. The van der Waals surface area contributed by atoms with E-state index in [4.69, 9.17) is 15.8 Å². The van der Waals surface area contributed by atoms with Crippen LogP contribution in [0.4, 0.5) is 0 Å². The molecule has 0 aliphatic heterocycles. The molecular formula is C9H20ClOP. The van der Waals surface area contributed by atoms with Crippen molar-refractivity contribution in [2.75, 3.05) is 0 Å². The van der Waals surface area contributed by atoms with E-state index in [1.165, 1.54) is 0 Å². The van der Waals surface area contributed by atoms with E-state index in [0.717, 1.165) is 6.42 Å². The molecule has 12 heavy (non-hydrogen) atoms. The third-order valence-electron chi connectivity index (χ3n) is 1.71. The molecule has 0 N–H and O–H groups in total. The summed E-state index contributed by atoms with van der Waals surface area (Å²) in [7, 11) is -0.843. The molecule has 0 bridgehead atoms. The lowest BCUT2D eigenvalue weighted by Gasteiger charge is -2.32. The quantitative estimate of drug-likeness (QED) is 0.622. The maximum absolute atomic E-state index is 6.16. The summed E-state index contributed by atoms with van der Waals surface area (Å²) in [4.78, 5) is 0. The molecule has 0 spiro atoms. The van der Waals surface area contributed by atoms with Gasteiger partial charge in [-0.05, 0) is 20.3 Å². The maximum Gasteiger partial charge on any atom is 0.130 e. The fourth-order valence-corrected chi connectivity index (χ4v) is 1.82. The first kappa shape index (κ1) is 12.7. The maximum atomic E-state index is 6.16. The van der Waals surface area contributed by atoms with E-state index in [1.54, 1.807) is 0 Å². The van der Waals surface area contributed by atoms with E-state index >= 15 is 0 Å². The van der Waals surface area contributed by atoms with Gasteiger partial charge in [-0.3, -0.25) is 0 Å². The highest BCUT2D eigenvalue weighted by molar-refractivity contribution is 7.81. The first-order chi connectivity index (χ1) is 5.19. The zero-order chi connectivity index (χ0) is 9.99. The molecule has 0 aromatic heterocycles. The van der Waals surface area contributed by atoms with Crippen LogP contribution in [-0.4, -0.2) is 10.8 Å². The third kappa shape index (κ3) is 4.64. The summed E-state index contributed by atoms with van der Waals surface area (Å²) in [6, 6.07) is 0.